The Morgan fingerprint density at radius 2 is 2.12 bits per heavy atom. The molecule has 0 bridgehead atoms. The highest BCUT2D eigenvalue weighted by Gasteiger charge is 2.48. The summed E-state index contributed by atoms with van der Waals surface area (Å²) in [6, 6.07) is 5.74. The molecule has 1 atom stereocenters. The molecule has 1 saturated carbocycles. The number of alkyl halides is 1. The van der Waals surface area contributed by atoms with Crippen LogP contribution in [0.25, 0.3) is 5.65 Å². The number of ether oxygens (including phenoxy) is 1. The van der Waals surface area contributed by atoms with Crippen LogP contribution >= 0.6 is 0 Å². The summed E-state index contributed by atoms with van der Waals surface area (Å²) < 4.78 is 22.7. The molecule has 1 amide bonds. The number of nitrogens with zero attached hydrogens (tertiary/aromatic N) is 4. The Morgan fingerprint density at radius 1 is 1.32 bits per heavy atom. The summed E-state index contributed by atoms with van der Waals surface area (Å²) in [5, 5.41) is 16.7. The summed E-state index contributed by atoms with van der Waals surface area (Å²) in [5.74, 6) is 1.09. The number of aromatic nitrogens is 3. The Hall–Kier alpha value is -3.20. The predicted molar refractivity (Wildman–Crippen MR) is 125 cm³/mol. The fourth-order valence-electron chi connectivity index (χ4n) is 5.28. The number of aliphatic hydroxyl groups is 1. The number of carbonyl (C=O) groups is 1. The largest absolute Gasteiger partial charge is 0.487 e. The molecule has 3 aromatic rings. The maximum atomic E-state index is 14.7. The van der Waals surface area contributed by atoms with Crippen LogP contribution in [0.3, 0.4) is 0 Å². The Balaban J connectivity index is 1.34. The summed E-state index contributed by atoms with van der Waals surface area (Å²) >= 11 is 0. The molecule has 4 heterocycles. The zero-order valence-corrected chi connectivity index (χ0v) is 19.1. The van der Waals surface area contributed by atoms with Gasteiger partial charge in [-0.2, -0.15) is 5.10 Å². The van der Waals surface area contributed by atoms with E-state index in [1.807, 2.05) is 12.1 Å². The van der Waals surface area contributed by atoms with Crippen molar-refractivity contribution >= 4 is 22.9 Å². The topological polar surface area (TPSA) is 92.0 Å². The van der Waals surface area contributed by atoms with Gasteiger partial charge >= 0.3 is 0 Å². The minimum absolute atomic E-state index is 0.221. The minimum Gasteiger partial charge on any atom is -0.487 e. The van der Waals surface area contributed by atoms with E-state index < -0.39 is 12.3 Å². The van der Waals surface area contributed by atoms with E-state index in [1.54, 1.807) is 23.0 Å². The highest BCUT2D eigenvalue weighted by Crippen LogP contribution is 2.51. The number of halogens is 1. The van der Waals surface area contributed by atoms with E-state index >= 15 is 0 Å². The third kappa shape index (κ3) is 3.58. The molecule has 9 heteroatoms. The van der Waals surface area contributed by atoms with Crippen LogP contribution < -0.4 is 15.0 Å². The number of anilines is 2. The van der Waals surface area contributed by atoms with Crippen molar-refractivity contribution in [1.82, 2.24) is 14.6 Å². The summed E-state index contributed by atoms with van der Waals surface area (Å²) in [7, 11) is 0. The van der Waals surface area contributed by atoms with Gasteiger partial charge in [0.25, 0.3) is 5.91 Å². The third-order valence-electron chi connectivity index (χ3n) is 7.56. The van der Waals surface area contributed by atoms with Crippen molar-refractivity contribution in [3.05, 3.63) is 47.9 Å². The van der Waals surface area contributed by atoms with Crippen LogP contribution in [0.1, 0.15) is 48.5 Å². The van der Waals surface area contributed by atoms with Crippen LogP contribution in [0.4, 0.5) is 15.8 Å². The highest BCUT2D eigenvalue weighted by atomic mass is 19.1. The van der Waals surface area contributed by atoms with E-state index in [0.717, 1.165) is 23.4 Å². The minimum atomic E-state index is -1.56. The van der Waals surface area contributed by atoms with Crippen LogP contribution in [0.5, 0.6) is 5.75 Å². The summed E-state index contributed by atoms with van der Waals surface area (Å²) in [4.78, 5) is 19.6. The zero-order valence-electron chi connectivity index (χ0n) is 19.1. The van der Waals surface area contributed by atoms with Crippen molar-refractivity contribution < 1.29 is 19.0 Å². The number of piperidine rings is 1. The number of fused-ring (bicyclic) bond motifs is 2. The second-order valence-electron chi connectivity index (χ2n) is 10.0. The number of rotatable bonds is 5. The summed E-state index contributed by atoms with van der Waals surface area (Å²) in [6.07, 6.45) is 8.49. The fourth-order valence-corrected chi connectivity index (χ4v) is 5.28. The van der Waals surface area contributed by atoms with E-state index in [2.05, 4.69) is 27.2 Å². The highest BCUT2D eigenvalue weighted by molar-refractivity contribution is 6.09. The molecule has 2 fully saturated rings. The van der Waals surface area contributed by atoms with E-state index in [-0.39, 0.29) is 24.3 Å². The quantitative estimate of drug-likeness (QED) is 0.600. The Kier molecular flexibility index (Phi) is 4.81. The Morgan fingerprint density at radius 3 is 2.85 bits per heavy atom. The molecule has 1 unspecified atom stereocenters. The lowest BCUT2D eigenvalue weighted by Crippen LogP contribution is -2.44. The molecule has 6 rings (SSSR count). The molecular weight excluding hydrogens is 437 g/mol. The van der Waals surface area contributed by atoms with Crippen LogP contribution in [0.15, 0.2) is 36.8 Å². The Bertz CT molecular complexity index is 1260. The zero-order chi connectivity index (χ0) is 23.5. The SMILES string of the molecule is CC1(C2CC2)Cc2cc(NC(=O)c3cnn4cccnc34)c(N3CCC(F)(CO)CC3)cc2O1. The molecule has 0 radical (unpaired) electrons. The third-order valence-corrected chi connectivity index (χ3v) is 7.56. The molecule has 2 aromatic heterocycles. The summed E-state index contributed by atoms with van der Waals surface area (Å²) in [5.41, 5.74) is 1.62. The maximum Gasteiger partial charge on any atom is 0.261 e. The monoisotopic (exact) mass is 465 g/mol. The van der Waals surface area contributed by atoms with Gasteiger partial charge in [-0.25, -0.2) is 13.9 Å². The van der Waals surface area contributed by atoms with E-state index in [0.29, 0.717) is 35.9 Å². The lowest BCUT2D eigenvalue weighted by molar-refractivity contribution is 0.0481. The first-order valence-corrected chi connectivity index (χ1v) is 11.9. The van der Waals surface area contributed by atoms with Crippen LogP contribution in [-0.4, -0.2) is 56.6 Å². The molecule has 2 N–H and O–H groups in total. The lowest BCUT2D eigenvalue weighted by Gasteiger charge is -2.37. The van der Waals surface area contributed by atoms with Gasteiger partial charge in [0.05, 0.1) is 24.2 Å². The van der Waals surface area contributed by atoms with Crippen LogP contribution in [-0.2, 0) is 6.42 Å². The molecule has 0 spiro atoms. The van der Waals surface area contributed by atoms with Gasteiger partial charge in [-0.15, -0.1) is 0 Å². The van der Waals surface area contributed by atoms with Crippen molar-refractivity contribution in [1.29, 1.82) is 0 Å². The van der Waals surface area contributed by atoms with Crippen molar-refractivity contribution in [2.24, 2.45) is 5.92 Å². The first kappa shape index (κ1) is 21.3. The number of aliphatic hydroxyl groups excluding tert-OH is 1. The van der Waals surface area contributed by atoms with Crippen molar-refractivity contribution in [3.63, 3.8) is 0 Å². The average molecular weight is 466 g/mol. The van der Waals surface area contributed by atoms with Crippen LogP contribution in [0.2, 0.25) is 0 Å². The number of benzene rings is 1. The van der Waals surface area contributed by atoms with Gasteiger partial charge in [0.1, 0.15) is 22.6 Å². The van der Waals surface area contributed by atoms with Gasteiger partial charge in [0.2, 0.25) is 0 Å². The van der Waals surface area contributed by atoms with Gasteiger partial charge in [-0.05, 0) is 37.8 Å². The molecule has 34 heavy (non-hydrogen) atoms. The van der Waals surface area contributed by atoms with Gasteiger partial charge < -0.3 is 20.1 Å². The molecule has 1 aliphatic carbocycles. The molecule has 1 saturated heterocycles. The predicted octanol–water partition coefficient (Wildman–Crippen LogP) is 3.39. The normalized spacial score (nSPS) is 23.6. The Labute approximate surface area is 196 Å². The first-order valence-electron chi connectivity index (χ1n) is 11.9. The molecule has 1 aromatic carbocycles. The number of nitrogens with one attached hydrogen (secondary N) is 1. The molecule has 8 nitrogen and oxygen atoms in total. The second-order valence-corrected chi connectivity index (χ2v) is 10.0. The first-order chi connectivity index (χ1) is 16.4. The van der Waals surface area contributed by atoms with Crippen molar-refractivity contribution in [2.45, 2.75) is 50.3 Å². The molecular formula is C25H28FN5O3. The van der Waals surface area contributed by atoms with E-state index in [9.17, 15) is 14.3 Å². The molecule has 178 valence electrons. The average Bonchev–Trinajstić information content (AvgIpc) is 3.53. The van der Waals surface area contributed by atoms with Crippen LogP contribution in [0, 0.1) is 5.92 Å². The molecule has 2 aliphatic heterocycles. The molecule has 3 aliphatic rings. The van der Waals surface area contributed by atoms with Gasteiger partial charge in [-0.3, -0.25) is 4.79 Å². The van der Waals surface area contributed by atoms with Gasteiger partial charge in [-0.1, -0.05) is 0 Å². The smallest absolute Gasteiger partial charge is 0.261 e. The standard InChI is InChI=1S/C25H28FN5O3/c1-24(17-3-4-17)13-16-11-19(29-23(33)18-14-28-31-8-2-7-27-22(18)31)20(12-21(16)34-24)30-9-5-25(26,15-32)6-10-30/h2,7-8,11-12,14,17,32H,3-6,9-10,13,15H2,1H3,(H,29,33). The number of hydrogen-bond acceptors (Lipinski definition) is 6. The van der Waals surface area contributed by atoms with E-state index in [1.165, 1.54) is 19.0 Å². The lowest BCUT2D eigenvalue weighted by atomic mass is 9.92. The maximum absolute atomic E-state index is 14.7. The number of carbonyl (C=O) groups excluding carboxylic acids is 1. The van der Waals surface area contributed by atoms with E-state index in [4.69, 9.17) is 4.74 Å². The van der Waals surface area contributed by atoms with Crippen molar-refractivity contribution in [2.75, 3.05) is 29.9 Å². The van der Waals surface area contributed by atoms with Crippen molar-refractivity contribution in [3.8, 4) is 5.75 Å². The van der Waals surface area contributed by atoms with Gasteiger partial charge in [0.15, 0.2) is 5.65 Å². The fraction of sp³-hybridized carbons (Fsp3) is 0.480. The van der Waals surface area contributed by atoms with Gasteiger partial charge in [0, 0.05) is 56.4 Å². The summed E-state index contributed by atoms with van der Waals surface area (Å²) in [6.45, 7) is 2.57. The second kappa shape index (κ2) is 7.66. The number of amides is 1. The number of hydrogen-bond donors (Lipinski definition) is 2.